The Hall–Kier alpha value is -3.37. The lowest BCUT2D eigenvalue weighted by Gasteiger charge is -2.25. The number of fused-ring (bicyclic) bond motifs is 2. The van der Waals surface area contributed by atoms with Gasteiger partial charge in [-0.05, 0) is 62.1 Å². The van der Waals surface area contributed by atoms with Gasteiger partial charge in [-0.2, -0.15) is 0 Å². The Morgan fingerprint density at radius 3 is 2.44 bits per heavy atom. The molecule has 0 aliphatic carbocycles. The van der Waals surface area contributed by atoms with Crippen LogP contribution in [0.5, 0.6) is 0 Å². The molecule has 1 aliphatic rings. The molecule has 0 saturated heterocycles. The lowest BCUT2D eigenvalue weighted by molar-refractivity contribution is 0.101. The number of aromatic nitrogens is 4. The van der Waals surface area contributed by atoms with Gasteiger partial charge < -0.3 is 4.90 Å². The fraction of sp³-hybridized carbons (Fsp3) is 0.484. The second-order valence-electron chi connectivity index (χ2n) is 11.4. The van der Waals surface area contributed by atoms with E-state index < -0.39 is 10.0 Å². The fourth-order valence-corrected chi connectivity index (χ4v) is 6.57. The number of Topliss-reactive ketones (excluding diaryl/α,β-unsaturated/α-hetero) is 1. The summed E-state index contributed by atoms with van der Waals surface area (Å²) in [6.07, 6.45) is 9.29. The number of nitrogens with zero attached hydrogens (tertiary/aromatic N) is 5. The molecule has 0 radical (unpaired) electrons. The van der Waals surface area contributed by atoms with Crippen molar-refractivity contribution in [3.05, 3.63) is 69.5 Å². The van der Waals surface area contributed by atoms with Crippen molar-refractivity contribution >= 4 is 33.2 Å². The number of sulfonamides is 1. The molecule has 3 heterocycles. The van der Waals surface area contributed by atoms with Crippen LogP contribution in [0.15, 0.2) is 36.1 Å². The quantitative estimate of drug-likeness (QED) is 0.333. The second kappa shape index (κ2) is 11.9. The third-order valence-corrected chi connectivity index (χ3v) is 9.33. The van der Waals surface area contributed by atoms with Crippen LogP contribution in [0.4, 0.5) is 5.69 Å². The molecular weight excluding hydrogens is 536 g/mol. The first kappa shape index (κ1) is 30.6. The van der Waals surface area contributed by atoms with Crippen LogP contribution >= 0.6 is 0 Å². The van der Waals surface area contributed by atoms with Gasteiger partial charge in [-0.25, -0.2) is 18.1 Å². The van der Waals surface area contributed by atoms with E-state index in [0.29, 0.717) is 28.8 Å². The molecule has 3 aromatic rings. The molecule has 41 heavy (non-hydrogen) atoms. The Labute approximate surface area is 243 Å². The topological polar surface area (TPSA) is 110 Å². The SMILES string of the molecule is CCCCS(=O)(=O)NCC(C)c1nc2\c(=C/C=C/C=C3/N(CC)c4cc(C)c(C)cc4C3(C)C)c(C(C)=O)nn2n1. The van der Waals surface area contributed by atoms with Crippen molar-refractivity contribution in [3.8, 4) is 0 Å². The third-order valence-electron chi connectivity index (χ3n) is 7.90. The molecular formula is C31H42N6O3S. The lowest BCUT2D eigenvalue weighted by atomic mass is 9.82. The van der Waals surface area contributed by atoms with Crippen molar-refractivity contribution in [1.29, 1.82) is 0 Å². The molecule has 220 valence electrons. The van der Waals surface area contributed by atoms with Gasteiger partial charge in [-0.3, -0.25) is 4.79 Å². The molecule has 1 aliphatic heterocycles. The Bertz CT molecular complexity index is 1680. The number of allylic oxidation sites excluding steroid dienone is 4. The van der Waals surface area contributed by atoms with Gasteiger partial charge in [0.25, 0.3) is 0 Å². The molecule has 1 aromatic carbocycles. The smallest absolute Gasteiger partial charge is 0.211 e. The highest BCUT2D eigenvalue weighted by Gasteiger charge is 2.39. The van der Waals surface area contributed by atoms with E-state index in [-0.39, 0.29) is 29.4 Å². The highest BCUT2D eigenvalue weighted by atomic mass is 32.2. The summed E-state index contributed by atoms with van der Waals surface area (Å²) in [5.74, 6) is 0.129. The molecule has 9 nitrogen and oxygen atoms in total. The summed E-state index contributed by atoms with van der Waals surface area (Å²) in [4.78, 5) is 19.4. The first-order valence-electron chi connectivity index (χ1n) is 14.3. The maximum Gasteiger partial charge on any atom is 0.211 e. The molecule has 4 rings (SSSR count). The number of unbranched alkanes of at least 4 members (excludes halogenated alkanes) is 1. The van der Waals surface area contributed by atoms with Crippen LogP contribution in [0.25, 0.3) is 11.7 Å². The minimum Gasteiger partial charge on any atom is -0.344 e. The number of carbonyl (C=O) groups is 1. The molecule has 0 saturated carbocycles. The number of anilines is 1. The largest absolute Gasteiger partial charge is 0.344 e. The van der Waals surface area contributed by atoms with E-state index in [1.807, 2.05) is 32.1 Å². The van der Waals surface area contributed by atoms with Gasteiger partial charge in [-0.15, -0.1) is 14.8 Å². The molecule has 2 aromatic heterocycles. The zero-order valence-electron chi connectivity index (χ0n) is 25.4. The van der Waals surface area contributed by atoms with Gasteiger partial charge in [-0.1, -0.05) is 52.3 Å². The number of carbonyl (C=O) groups excluding carboxylic acids is 1. The summed E-state index contributed by atoms with van der Waals surface area (Å²) in [5.41, 5.74) is 6.98. The summed E-state index contributed by atoms with van der Waals surface area (Å²) in [6.45, 7) is 17.3. The first-order chi connectivity index (χ1) is 19.3. The van der Waals surface area contributed by atoms with Gasteiger partial charge >= 0.3 is 0 Å². The normalized spacial score (nSPS) is 17.3. The van der Waals surface area contributed by atoms with E-state index in [1.165, 1.54) is 39.6 Å². The molecule has 0 bridgehead atoms. The predicted octanol–water partition coefficient (Wildman–Crippen LogP) is 4.52. The van der Waals surface area contributed by atoms with E-state index >= 15 is 0 Å². The zero-order valence-corrected chi connectivity index (χ0v) is 26.3. The van der Waals surface area contributed by atoms with E-state index in [2.05, 4.69) is 77.6 Å². The minimum atomic E-state index is -3.34. The monoisotopic (exact) mass is 578 g/mol. The summed E-state index contributed by atoms with van der Waals surface area (Å²) in [5, 5.41) is 9.42. The number of ketones is 1. The van der Waals surface area contributed by atoms with Crippen LogP contribution in [-0.4, -0.2) is 52.9 Å². The van der Waals surface area contributed by atoms with E-state index in [1.54, 1.807) is 0 Å². The van der Waals surface area contributed by atoms with Crippen LogP contribution in [0, 0.1) is 13.8 Å². The van der Waals surface area contributed by atoms with Crippen molar-refractivity contribution < 1.29 is 13.2 Å². The summed E-state index contributed by atoms with van der Waals surface area (Å²) < 4.78 is 28.4. The number of hydrogen-bond donors (Lipinski definition) is 1. The third kappa shape index (κ3) is 6.13. The highest BCUT2D eigenvalue weighted by Crippen LogP contribution is 2.48. The molecule has 10 heteroatoms. The lowest BCUT2D eigenvalue weighted by Crippen LogP contribution is -2.30. The fourth-order valence-electron chi connectivity index (χ4n) is 5.25. The average Bonchev–Trinajstić information content (AvgIpc) is 3.53. The molecule has 0 fully saturated rings. The first-order valence-corrected chi connectivity index (χ1v) is 16.0. The van der Waals surface area contributed by atoms with E-state index in [9.17, 15) is 13.2 Å². The van der Waals surface area contributed by atoms with Crippen LogP contribution in [0.3, 0.4) is 0 Å². The van der Waals surface area contributed by atoms with Gasteiger partial charge in [0, 0.05) is 42.7 Å². The van der Waals surface area contributed by atoms with E-state index in [4.69, 9.17) is 0 Å². The van der Waals surface area contributed by atoms with Crippen molar-refractivity contribution in [2.24, 2.45) is 0 Å². The van der Waals surface area contributed by atoms with Crippen LogP contribution in [0.2, 0.25) is 0 Å². The van der Waals surface area contributed by atoms with Gasteiger partial charge in [0.1, 0.15) is 5.69 Å². The molecule has 1 atom stereocenters. The standard InChI is InChI=1S/C31H42N6O3S/c1-9-11-16-41(39,40)32-19-22(5)29-33-30-24(28(23(6)38)34-37(30)35-29)14-12-13-15-27-31(7,8)25-17-20(3)21(4)18-26(25)36(27)10-2/h12-15,17-18,22,32H,9-11,16,19H2,1-8H3/b13-12+,24-14-,27-15+. The van der Waals surface area contributed by atoms with Crippen LogP contribution in [-0.2, 0) is 15.4 Å². The Balaban J connectivity index is 1.63. The van der Waals surface area contributed by atoms with Crippen LogP contribution in [0.1, 0.15) is 93.3 Å². The summed E-state index contributed by atoms with van der Waals surface area (Å²) in [7, 11) is -3.34. The van der Waals surface area contributed by atoms with Gasteiger partial charge in [0.2, 0.25) is 10.0 Å². The predicted molar refractivity (Wildman–Crippen MR) is 165 cm³/mol. The molecule has 0 amide bonds. The molecule has 0 spiro atoms. The number of hydrogen-bond acceptors (Lipinski definition) is 7. The Morgan fingerprint density at radius 1 is 1.10 bits per heavy atom. The minimum absolute atomic E-state index is 0.101. The van der Waals surface area contributed by atoms with Gasteiger partial charge in [0.15, 0.2) is 17.3 Å². The number of aryl methyl sites for hydroxylation is 2. The Morgan fingerprint density at radius 2 is 1.78 bits per heavy atom. The van der Waals surface area contributed by atoms with E-state index in [0.717, 1.165) is 13.0 Å². The molecule has 1 N–H and O–H groups in total. The van der Waals surface area contributed by atoms with Crippen molar-refractivity contribution in [1.82, 2.24) is 24.5 Å². The molecule has 1 unspecified atom stereocenters. The second-order valence-corrected chi connectivity index (χ2v) is 13.4. The number of benzene rings is 1. The summed E-state index contributed by atoms with van der Waals surface area (Å²) in [6, 6.07) is 4.58. The van der Waals surface area contributed by atoms with Crippen LogP contribution < -0.4 is 14.8 Å². The Kier molecular flexibility index (Phi) is 8.84. The van der Waals surface area contributed by atoms with Crippen molar-refractivity contribution in [2.75, 3.05) is 23.7 Å². The maximum atomic E-state index is 12.4. The van der Waals surface area contributed by atoms with Crippen molar-refractivity contribution in [3.63, 3.8) is 0 Å². The summed E-state index contributed by atoms with van der Waals surface area (Å²) >= 11 is 0. The maximum absolute atomic E-state index is 12.4. The average molecular weight is 579 g/mol. The number of rotatable bonds is 11. The highest BCUT2D eigenvalue weighted by molar-refractivity contribution is 7.89. The number of likely N-dealkylation sites (N-methyl/N-ethyl adjacent to an activating group) is 1. The number of nitrogens with one attached hydrogen (secondary N) is 1. The zero-order chi connectivity index (χ0) is 30.1. The van der Waals surface area contributed by atoms with Crippen molar-refractivity contribution in [2.45, 2.75) is 79.6 Å². The van der Waals surface area contributed by atoms with Gasteiger partial charge in [0.05, 0.1) is 11.0 Å².